The number of carbonyl (C=O) groups excluding carboxylic acids is 1. The quantitative estimate of drug-likeness (QED) is 0.803. The smallest absolute Gasteiger partial charge is 0.257 e. The van der Waals surface area contributed by atoms with Crippen LogP contribution in [0.4, 0.5) is 5.69 Å². The number of benzene rings is 1. The van der Waals surface area contributed by atoms with Gasteiger partial charge in [-0.1, -0.05) is 5.16 Å². The average molecular weight is 294 g/mol. The van der Waals surface area contributed by atoms with Crippen molar-refractivity contribution in [3.05, 3.63) is 59.7 Å². The summed E-state index contributed by atoms with van der Waals surface area (Å²) in [4.78, 5) is 20.3. The van der Waals surface area contributed by atoms with E-state index in [1.165, 1.54) is 6.20 Å². The van der Waals surface area contributed by atoms with Crippen LogP contribution in [0.5, 0.6) is 0 Å². The van der Waals surface area contributed by atoms with Gasteiger partial charge in [0.05, 0.1) is 5.56 Å². The van der Waals surface area contributed by atoms with Gasteiger partial charge >= 0.3 is 0 Å². The number of hydrogen-bond donors (Lipinski definition) is 1. The van der Waals surface area contributed by atoms with E-state index in [1.54, 1.807) is 25.3 Å². The van der Waals surface area contributed by atoms with Crippen molar-refractivity contribution in [2.24, 2.45) is 0 Å². The SMILES string of the molecule is Cc1nc(-c2ccc(NC(=O)c3cccnc3)c(C)c2)no1. The number of aryl methyl sites for hydroxylation is 2. The first-order valence-electron chi connectivity index (χ1n) is 6.76. The molecule has 0 unspecified atom stereocenters. The molecular formula is C16H14N4O2. The summed E-state index contributed by atoms with van der Waals surface area (Å²) in [6, 6.07) is 9.02. The van der Waals surface area contributed by atoms with E-state index in [4.69, 9.17) is 4.52 Å². The fraction of sp³-hybridized carbons (Fsp3) is 0.125. The van der Waals surface area contributed by atoms with Gasteiger partial charge in [-0.25, -0.2) is 0 Å². The van der Waals surface area contributed by atoms with Crippen molar-refractivity contribution in [3.8, 4) is 11.4 Å². The molecule has 0 aliphatic heterocycles. The van der Waals surface area contributed by atoms with Gasteiger partial charge < -0.3 is 9.84 Å². The lowest BCUT2D eigenvalue weighted by molar-refractivity contribution is 0.102. The largest absolute Gasteiger partial charge is 0.339 e. The van der Waals surface area contributed by atoms with E-state index in [-0.39, 0.29) is 5.91 Å². The zero-order valence-corrected chi connectivity index (χ0v) is 12.2. The van der Waals surface area contributed by atoms with Gasteiger partial charge in [-0.05, 0) is 42.8 Å². The van der Waals surface area contributed by atoms with Crippen LogP contribution in [0.1, 0.15) is 21.8 Å². The van der Waals surface area contributed by atoms with E-state index in [9.17, 15) is 4.79 Å². The molecule has 0 saturated carbocycles. The van der Waals surface area contributed by atoms with Crippen LogP contribution in [0.2, 0.25) is 0 Å². The van der Waals surface area contributed by atoms with Gasteiger partial charge in [-0.2, -0.15) is 4.98 Å². The Bertz CT molecular complexity index is 812. The normalized spacial score (nSPS) is 10.5. The number of aromatic nitrogens is 3. The second kappa shape index (κ2) is 5.77. The summed E-state index contributed by atoms with van der Waals surface area (Å²) in [5.74, 6) is 0.853. The van der Waals surface area contributed by atoms with Crippen LogP contribution in [-0.2, 0) is 0 Å². The van der Waals surface area contributed by atoms with Gasteiger partial charge in [0.15, 0.2) is 0 Å². The Hall–Kier alpha value is -3.02. The third-order valence-electron chi connectivity index (χ3n) is 3.18. The average Bonchev–Trinajstić information content (AvgIpc) is 2.96. The summed E-state index contributed by atoms with van der Waals surface area (Å²) < 4.78 is 4.97. The van der Waals surface area contributed by atoms with Gasteiger partial charge in [-0.3, -0.25) is 9.78 Å². The molecule has 3 rings (SSSR count). The second-order valence-corrected chi connectivity index (χ2v) is 4.86. The summed E-state index contributed by atoms with van der Waals surface area (Å²) >= 11 is 0. The topological polar surface area (TPSA) is 80.9 Å². The fourth-order valence-electron chi connectivity index (χ4n) is 2.05. The summed E-state index contributed by atoms with van der Waals surface area (Å²) in [7, 11) is 0. The maximum Gasteiger partial charge on any atom is 0.257 e. The highest BCUT2D eigenvalue weighted by molar-refractivity contribution is 6.04. The lowest BCUT2D eigenvalue weighted by atomic mass is 10.1. The molecule has 1 amide bonds. The van der Waals surface area contributed by atoms with Crippen molar-refractivity contribution in [1.29, 1.82) is 0 Å². The molecule has 22 heavy (non-hydrogen) atoms. The third kappa shape index (κ3) is 2.85. The predicted molar refractivity (Wildman–Crippen MR) is 81.4 cm³/mol. The Kier molecular flexibility index (Phi) is 3.65. The maximum atomic E-state index is 12.1. The molecule has 1 aromatic carbocycles. The molecule has 110 valence electrons. The van der Waals surface area contributed by atoms with E-state index in [1.807, 2.05) is 25.1 Å². The van der Waals surface area contributed by atoms with E-state index >= 15 is 0 Å². The molecule has 3 aromatic rings. The van der Waals surface area contributed by atoms with Crippen LogP contribution in [-0.4, -0.2) is 21.0 Å². The maximum absolute atomic E-state index is 12.1. The molecule has 0 bridgehead atoms. The summed E-state index contributed by atoms with van der Waals surface area (Å²) in [5, 5.41) is 6.75. The lowest BCUT2D eigenvalue weighted by Crippen LogP contribution is -2.12. The van der Waals surface area contributed by atoms with Crippen LogP contribution in [0.25, 0.3) is 11.4 Å². The van der Waals surface area contributed by atoms with Crippen LogP contribution >= 0.6 is 0 Å². The third-order valence-corrected chi connectivity index (χ3v) is 3.18. The molecule has 0 aliphatic rings. The minimum absolute atomic E-state index is 0.195. The highest BCUT2D eigenvalue weighted by Gasteiger charge is 2.10. The molecule has 0 atom stereocenters. The molecule has 2 aromatic heterocycles. The van der Waals surface area contributed by atoms with Crippen LogP contribution in [0, 0.1) is 13.8 Å². The van der Waals surface area contributed by atoms with Gasteiger partial charge in [0.2, 0.25) is 11.7 Å². The van der Waals surface area contributed by atoms with E-state index in [2.05, 4.69) is 20.4 Å². The monoisotopic (exact) mass is 294 g/mol. The van der Waals surface area contributed by atoms with Crippen LogP contribution in [0.3, 0.4) is 0 Å². The first-order chi connectivity index (χ1) is 10.6. The summed E-state index contributed by atoms with van der Waals surface area (Å²) in [6.07, 6.45) is 3.16. The summed E-state index contributed by atoms with van der Waals surface area (Å²) in [5.41, 5.74) is 3.00. The standard InChI is InChI=1S/C16H14N4O2/c1-10-8-12(15-18-11(2)22-20-15)5-6-14(10)19-16(21)13-4-3-7-17-9-13/h3-9H,1-2H3,(H,19,21). The van der Waals surface area contributed by atoms with Crippen molar-refractivity contribution in [2.45, 2.75) is 13.8 Å². The Morgan fingerprint density at radius 1 is 1.23 bits per heavy atom. The molecule has 0 aliphatic carbocycles. The number of anilines is 1. The highest BCUT2D eigenvalue weighted by atomic mass is 16.5. The minimum atomic E-state index is -0.195. The van der Waals surface area contributed by atoms with Gasteiger partial charge in [0.1, 0.15) is 0 Å². The molecule has 0 radical (unpaired) electrons. The molecule has 0 saturated heterocycles. The number of pyridine rings is 1. The van der Waals surface area contributed by atoms with Crippen LogP contribution < -0.4 is 5.32 Å². The molecule has 0 fully saturated rings. The second-order valence-electron chi connectivity index (χ2n) is 4.86. The Morgan fingerprint density at radius 2 is 2.09 bits per heavy atom. The fourth-order valence-corrected chi connectivity index (χ4v) is 2.05. The van der Waals surface area contributed by atoms with Crippen molar-refractivity contribution >= 4 is 11.6 Å². The van der Waals surface area contributed by atoms with E-state index in [0.717, 1.165) is 16.8 Å². The van der Waals surface area contributed by atoms with Crippen molar-refractivity contribution in [1.82, 2.24) is 15.1 Å². The Morgan fingerprint density at radius 3 is 2.73 bits per heavy atom. The molecule has 0 spiro atoms. The Balaban J connectivity index is 1.82. The van der Waals surface area contributed by atoms with Crippen molar-refractivity contribution < 1.29 is 9.32 Å². The Labute approximate surface area is 127 Å². The first-order valence-corrected chi connectivity index (χ1v) is 6.76. The van der Waals surface area contributed by atoms with Gasteiger partial charge in [0, 0.05) is 30.6 Å². The number of rotatable bonds is 3. The highest BCUT2D eigenvalue weighted by Crippen LogP contribution is 2.23. The van der Waals surface area contributed by atoms with Crippen molar-refractivity contribution in [3.63, 3.8) is 0 Å². The molecule has 1 N–H and O–H groups in total. The zero-order chi connectivity index (χ0) is 15.5. The number of nitrogens with zero attached hydrogens (tertiary/aromatic N) is 3. The minimum Gasteiger partial charge on any atom is -0.339 e. The predicted octanol–water partition coefficient (Wildman–Crippen LogP) is 3.00. The van der Waals surface area contributed by atoms with Gasteiger partial charge in [-0.15, -0.1) is 0 Å². The zero-order valence-electron chi connectivity index (χ0n) is 12.2. The van der Waals surface area contributed by atoms with E-state index in [0.29, 0.717) is 17.3 Å². The number of hydrogen-bond acceptors (Lipinski definition) is 5. The number of carbonyl (C=O) groups is 1. The van der Waals surface area contributed by atoms with Crippen LogP contribution in [0.15, 0.2) is 47.2 Å². The lowest BCUT2D eigenvalue weighted by Gasteiger charge is -2.09. The molecule has 6 heteroatoms. The first kappa shape index (κ1) is 13.9. The molecular weight excluding hydrogens is 280 g/mol. The number of nitrogens with one attached hydrogen (secondary N) is 1. The van der Waals surface area contributed by atoms with Gasteiger partial charge in [0.25, 0.3) is 5.91 Å². The molecule has 2 heterocycles. The van der Waals surface area contributed by atoms with E-state index < -0.39 is 0 Å². The summed E-state index contributed by atoms with van der Waals surface area (Å²) in [6.45, 7) is 3.65. The van der Waals surface area contributed by atoms with Crippen molar-refractivity contribution in [2.75, 3.05) is 5.32 Å². The number of amides is 1. The molecule has 6 nitrogen and oxygen atoms in total.